The summed E-state index contributed by atoms with van der Waals surface area (Å²) in [5.74, 6) is 0.343. The maximum atomic E-state index is 10.9. The van der Waals surface area contributed by atoms with Crippen molar-refractivity contribution < 1.29 is 15.1 Å². The molecule has 0 unspecified atom stereocenters. The van der Waals surface area contributed by atoms with Crippen LogP contribution >= 0.6 is 0 Å². The van der Waals surface area contributed by atoms with E-state index >= 15 is 0 Å². The molecule has 0 atom stereocenters. The van der Waals surface area contributed by atoms with E-state index in [0.717, 1.165) is 22.3 Å². The van der Waals surface area contributed by atoms with Crippen molar-refractivity contribution in [3.8, 4) is 11.5 Å². The van der Waals surface area contributed by atoms with Gasteiger partial charge >= 0.3 is 0 Å². The van der Waals surface area contributed by atoms with Gasteiger partial charge in [0.05, 0.1) is 4.92 Å². The van der Waals surface area contributed by atoms with E-state index in [0.29, 0.717) is 0 Å². The van der Waals surface area contributed by atoms with Crippen LogP contribution in [-0.4, -0.2) is 15.1 Å². The van der Waals surface area contributed by atoms with Crippen LogP contribution in [0.15, 0.2) is 72.8 Å². The van der Waals surface area contributed by atoms with Gasteiger partial charge in [-0.25, -0.2) is 0 Å². The highest BCUT2D eigenvalue weighted by Gasteiger charge is 2.09. The molecule has 0 amide bonds. The number of aromatic hydroxyl groups is 2. The molecule has 0 fully saturated rings. The van der Waals surface area contributed by atoms with Crippen LogP contribution in [0.1, 0.15) is 16.7 Å². The lowest BCUT2D eigenvalue weighted by molar-refractivity contribution is -0.384. The number of hydrogen-bond acceptors (Lipinski definition) is 4. The van der Waals surface area contributed by atoms with Crippen molar-refractivity contribution in [2.45, 2.75) is 0 Å². The minimum absolute atomic E-state index is 0.0263. The maximum absolute atomic E-state index is 10.9. The van der Waals surface area contributed by atoms with E-state index in [4.69, 9.17) is 0 Å². The van der Waals surface area contributed by atoms with E-state index < -0.39 is 4.92 Å². The fraction of sp³-hybridized carbons (Fsp3) is 0. The van der Waals surface area contributed by atoms with E-state index in [2.05, 4.69) is 0 Å². The van der Waals surface area contributed by atoms with Crippen molar-refractivity contribution in [3.63, 3.8) is 0 Å². The Morgan fingerprint density at radius 1 is 0.760 bits per heavy atom. The molecule has 5 nitrogen and oxygen atoms in total. The first-order valence-corrected chi connectivity index (χ1v) is 7.58. The average molecular weight is 333 g/mol. The third kappa shape index (κ3) is 3.84. The van der Waals surface area contributed by atoms with Crippen molar-refractivity contribution in [3.05, 3.63) is 99.6 Å². The predicted molar refractivity (Wildman–Crippen MR) is 96.3 cm³/mol. The van der Waals surface area contributed by atoms with E-state index in [1.54, 1.807) is 60.7 Å². The summed E-state index contributed by atoms with van der Waals surface area (Å²) in [4.78, 5) is 10.4. The molecule has 0 saturated carbocycles. The fourth-order valence-corrected chi connectivity index (χ4v) is 2.47. The minimum atomic E-state index is -0.437. The number of nitrogens with zero attached hydrogens (tertiary/aromatic N) is 1. The summed E-state index contributed by atoms with van der Waals surface area (Å²) in [6.07, 6.45) is 1.92. The molecule has 124 valence electrons. The van der Waals surface area contributed by atoms with Gasteiger partial charge in [-0.05, 0) is 64.7 Å². The lowest BCUT2D eigenvalue weighted by Crippen LogP contribution is -1.91. The quantitative estimate of drug-likeness (QED) is 0.415. The smallest absolute Gasteiger partial charge is 0.269 e. The molecule has 0 heterocycles. The summed E-state index contributed by atoms with van der Waals surface area (Å²) >= 11 is 0. The van der Waals surface area contributed by atoms with E-state index in [9.17, 15) is 20.3 Å². The minimum Gasteiger partial charge on any atom is -0.508 e. The van der Waals surface area contributed by atoms with E-state index in [1.165, 1.54) is 12.1 Å². The predicted octanol–water partition coefficient (Wildman–Crippen LogP) is 4.59. The second-order valence-electron chi connectivity index (χ2n) is 5.50. The van der Waals surface area contributed by atoms with Gasteiger partial charge in [-0.3, -0.25) is 10.1 Å². The number of nitro groups is 1. The number of hydrogen-bond donors (Lipinski definition) is 2. The van der Waals surface area contributed by atoms with Crippen LogP contribution in [-0.2, 0) is 0 Å². The number of non-ortho nitro benzene ring substituents is 1. The molecule has 0 radical (unpaired) electrons. The second-order valence-corrected chi connectivity index (χ2v) is 5.50. The lowest BCUT2D eigenvalue weighted by Gasteiger charge is -2.09. The first kappa shape index (κ1) is 16.3. The molecule has 0 aromatic heterocycles. The number of benzene rings is 3. The molecule has 0 spiro atoms. The number of phenols is 2. The molecule has 5 heteroatoms. The van der Waals surface area contributed by atoms with Gasteiger partial charge in [-0.2, -0.15) is 0 Å². The molecule has 3 rings (SSSR count). The summed E-state index contributed by atoms with van der Waals surface area (Å²) < 4.78 is 0. The first-order valence-electron chi connectivity index (χ1n) is 7.58. The average Bonchev–Trinajstić information content (AvgIpc) is 2.62. The molecule has 0 saturated heterocycles. The Morgan fingerprint density at radius 3 is 1.68 bits per heavy atom. The molecular formula is C20H15NO4. The summed E-state index contributed by atoms with van der Waals surface area (Å²) in [6, 6.07) is 19.8. The molecule has 2 N–H and O–H groups in total. The second kappa shape index (κ2) is 6.88. The largest absolute Gasteiger partial charge is 0.508 e. The van der Waals surface area contributed by atoms with Crippen molar-refractivity contribution in [2.24, 2.45) is 0 Å². The van der Waals surface area contributed by atoms with Crippen LogP contribution in [0.3, 0.4) is 0 Å². The van der Waals surface area contributed by atoms with Crippen LogP contribution in [0.5, 0.6) is 11.5 Å². The van der Waals surface area contributed by atoms with E-state index in [-0.39, 0.29) is 17.2 Å². The van der Waals surface area contributed by atoms with Crippen LogP contribution in [0.4, 0.5) is 5.69 Å². The zero-order chi connectivity index (χ0) is 17.8. The molecule has 0 bridgehead atoms. The monoisotopic (exact) mass is 333 g/mol. The van der Waals surface area contributed by atoms with Crippen LogP contribution in [0, 0.1) is 10.1 Å². The van der Waals surface area contributed by atoms with Crippen molar-refractivity contribution >= 4 is 17.3 Å². The molecular weight excluding hydrogens is 318 g/mol. The number of rotatable bonds is 4. The first-order chi connectivity index (χ1) is 12.0. The van der Waals surface area contributed by atoms with Crippen molar-refractivity contribution in [1.29, 1.82) is 0 Å². The normalized spacial score (nSPS) is 11.3. The third-order valence-corrected chi connectivity index (χ3v) is 3.77. The summed E-state index contributed by atoms with van der Waals surface area (Å²) in [6.45, 7) is 0. The summed E-state index contributed by atoms with van der Waals surface area (Å²) in [5, 5.41) is 29.8. The highest BCUT2D eigenvalue weighted by atomic mass is 16.6. The Labute approximate surface area is 144 Å². The molecule has 25 heavy (non-hydrogen) atoms. The fourth-order valence-electron chi connectivity index (χ4n) is 2.47. The highest BCUT2D eigenvalue weighted by Crippen LogP contribution is 2.29. The topological polar surface area (TPSA) is 83.6 Å². The van der Waals surface area contributed by atoms with Gasteiger partial charge in [0.25, 0.3) is 5.69 Å². The van der Waals surface area contributed by atoms with Gasteiger partial charge in [-0.15, -0.1) is 0 Å². The van der Waals surface area contributed by atoms with Gasteiger partial charge in [0.2, 0.25) is 0 Å². The Hall–Kier alpha value is -3.60. The van der Waals surface area contributed by atoms with E-state index in [1.807, 2.05) is 6.08 Å². The van der Waals surface area contributed by atoms with Gasteiger partial charge in [-0.1, -0.05) is 24.3 Å². The lowest BCUT2D eigenvalue weighted by atomic mass is 9.95. The molecule has 3 aromatic carbocycles. The highest BCUT2D eigenvalue weighted by molar-refractivity contribution is 5.91. The summed E-state index contributed by atoms with van der Waals surface area (Å²) in [7, 11) is 0. The van der Waals surface area contributed by atoms with Crippen molar-refractivity contribution in [1.82, 2.24) is 0 Å². The molecule has 3 aromatic rings. The Balaban J connectivity index is 2.09. The SMILES string of the molecule is O=[N+]([O-])c1ccc(/C(=C/c2ccc(O)cc2)c2ccc(O)cc2)cc1. The van der Waals surface area contributed by atoms with Crippen LogP contribution in [0.25, 0.3) is 11.6 Å². The maximum Gasteiger partial charge on any atom is 0.269 e. The molecule has 0 aliphatic carbocycles. The summed E-state index contributed by atoms with van der Waals surface area (Å²) in [5.41, 5.74) is 3.42. The number of phenolic OH excluding ortho intramolecular Hbond substituents is 2. The zero-order valence-electron chi connectivity index (χ0n) is 13.2. The van der Waals surface area contributed by atoms with Gasteiger partial charge in [0.1, 0.15) is 11.5 Å². The van der Waals surface area contributed by atoms with Gasteiger partial charge in [0.15, 0.2) is 0 Å². The molecule has 0 aliphatic heterocycles. The molecule has 0 aliphatic rings. The van der Waals surface area contributed by atoms with Crippen molar-refractivity contribution in [2.75, 3.05) is 0 Å². The van der Waals surface area contributed by atoms with Gasteiger partial charge in [0, 0.05) is 12.1 Å². The Kier molecular flexibility index (Phi) is 4.48. The Bertz CT molecular complexity index is 911. The third-order valence-electron chi connectivity index (χ3n) is 3.77. The van der Waals surface area contributed by atoms with Crippen LogP contribution in [0.2, 0.25) is 0 Å². The standard InChI is InChI=1S/C20H15NO4/c22-18-9-1-14(2-10-18)13-20(16-5-11-19(23)12-6-16)15-3-7-17(8-4-15)21(24)25/h1-13,22-23H/b20-13-. The zero-order valence-corrected chi connectivity index (χ0v) is 13.2. The number of nitro benzene ring substituents is 1. The van der Waals surface area contributed by atoms with Gasteiger partial charge < -0.3 is 10.2 Å². The van der Waals surface area contributed by atoms with Crippen LogP contribution < -0.4 is 0 Å². The Morgan fingerprint density at radius 2 is 1.20 bits per heavy atom.